The molecule has 0 saturated carbocycles. The Bertz CT molecular complexity index is 3040. The van der Waals surface area contributed by atoms with Gasteiger partial charge in [0, 0.05) is 72.3 Å². The van der Waals surface area contributed by atoms with Crippen molar-refractivity contribution >= 4 is 62.4 Å². The van der Waals surface area contributed by atoms with Gasteiger partial charge in [-0.3, -0.25) is 39.0 Å². The van der Waals surface area contributed by atoms with Gasteiger partial charge < -0.3 is 39.0 Å². The van der Waals surface area contributed by atoms with E-state index in [0.29, 0.717) is 0 Å². The molecule has 0 radical (unpaired) electrons. The normalized spacial score (nSPS) is 18.5. The van der Waals surface area contributed by atoms with Crippen molar-refractivity contribution in [3.8, 4) is 11.5 Å². The molecule has 0 saturated heterocycles. The van der Waals surface area contributed by atoms with Crippen molar-refractivity contribution in [1.82, 2.24) is 15.5 Å². The van der Waals surface area contributed by atoms with Crippen molar-refractivity contribution in [2.75, 3.05) is 64.8 Å². The monoisotopic (exact) mass is 1020 g/mol. The molecule has 0 aromatic heterocycles. The first-order chi connectivity index (χ1) is 34.5. The molecule has 3 aromatic carbocycles. The number of imide groups is 1. The van der Waals surface area contributed by atoms with Gasteiger partial charge in [-0.15, -0.1) is 0 Å². The van der Waals surface area contributed by atoms with Crippen molar-refractivity contribution in [1.29, 1.82) is 0 Å². The van der Waals surface area contributed by atoms with Gasteiger partial charge in [0.25, 0.3) is 17.5 Å². The van der Waals surface area contributed by atoms with Crippen LogP contribution < -0.4 is 25.0 Å². The average Bonchev–Trinajstić information content (AvgIpc) is 3.84. The number of hydrogen-bond donors (Lipinski definition) is 2. The number of hydrogen-bond acceptors (Lipinski definition) is 16. The van der Waals surface area contributed by atoms with E-state index in [9.17, 15) is 47.1 Å². The number of allylic oxidation sites excluding steroid dienone is 5. The number of anilines is 1. The van der Waals surface area contributed by atoms with Gasteiger partial charge in [-0.1, -0.05) is 50.2 Å². The molecule has 2 unspecified atom stereocenters. The molecule has 0 fully saturated rings. The van der Waals surface area contributed by atoms with Gasteiger partial charge in [-0.25, -0.2) is 8.42 Å². The minimum atomic E-state index is -5.06. The number of ketones is 1. The van der Waals surface area contributed by atoms with Crippen LogP contribution in [0.3, 0.4) is 0 Å². The summed E-state index contributed by atoms with van der Waals surface area (Å²) in [5.41, 5.74) is 4.44. The highest BCUT2D eigenvalue weighted by Crippen LogP contribution is 2.48. The van der Waals surface area contributed by atoms with Crippen LogP contribution in [0, 0.1) is 10.1 Å². The summed E-state index contributed by atoms with van der Waals surface area (Å²) in [5.74, 6) is -4.04. The number of likely N-dealkylation sites (N-methyl/N-ethyl adjacent to an activating group) is 1. The number of para-hydroxylation sites is 2. The molecule has 0 spiro atoms. The van der Waals surface area contributed by atoms with E-state index in [4.69, 9.17) is 18.9 Å². The zero-order valence-corrected chi connectivity index (χ0v) is 42.6. The number of rotatable bonds is 22. The number of carbonyl (C=O) groups is 5. The van der Waals surface area contributed by atoms with E-state index in [1.54, 1.807) is 12.2 Å². The molecule has 20 nitrogen and oxygen atoms in total. The number of esters is 1. The molecule has 386 valence electrons. The largest absolute Gasteiger partial charge is 0.748 e. The van der Waals surface area contributed by atoms with Crippen molar-refractivity contribution in [3.05, 3.63) is 134 Å². The lowest BCUT2D eigenvalue weighted by Crippen LogP contribution is -2.51. The second-order valence-corrected chi connectivity index (χ2v) is 20.3. The van der Waals surface area contributed by atoms with E-state index < -0.39 is 73.1 Å². The van der Waals surface area contributed by atoms with Gasteiger partial charge in [0.2, 0.25) is 11.6 Å². The zero-order valence-electron chi connectivity index (χ0n) is 41.8. The predicted octanol–water partition coefficient (Wildman–Crippen LogP) is 4.71. The molecular weight excluding hydrogens is 965 g/mol. The third-order valence-electron chi connectivity index (χ3n) is 13.4. The van der Waals surface area contributed by atoms with Gasteiger partial charge in [-0.2, -0.15) is 4.58 Å². The maximum atomic E-state index is 14.4. The number of nitrogens with zero attached hydrogens (tertiary/aromatic N) is 4. The summed E-state index contributed by atoms with van der Waals surface area (Å²) in [6.45, 7) is 9.21. The lowest BCUT2D eigenvalue weighted by molar-refractivity contribution is -0.401. The Labute approximate surface area is 422 Å². The van der Waals surface area contributed by atoms with E-state index >= 15 is 0 Å². The Hall–Kier alpha value is -7.49. The Balaban J connectivity index is 1.05. The molecule has 21 heteroatoms. The Morgan fingerprint density at radius 3 is 2.23 bits per heavy atom. The summed E-state index contributed by atoms with van der Waals surface area (Å²) in [6, 6.07) is 16.3. The SMILES string of the molecule is COc1cc(C(C)OC(=O)CCCOCCN2C(=O)C=CC2=O)c([N+](=O)[O-])cc1OCCNC(=O)C(CS(=O)(=O)[O-])NC1=C(C=C2N(C)c3ccccc3C2(C)C)C(=O)C1=CC1=[N+](C)c2ccccc2C1(C)C. The van der Waals surface area contributed by atoms with Crippen LogP contribution in [0.5, 0.6) is 11.5 Å². The number of nitro groups is 1. The number of Topliss-reactive ketones (excluding diaryl/α,β-unsaturated/α-hetero) is 1. The number of nitro benzene ring substituents is 1. The van der Waals surface area contributed by atoms with Crippen LogP contribution in [0.25, 0.3) is 0 Å². The van der Waals surface area contributed by atoms with Crippen LogP contribution in [-0.4, -0.2) is 128 Å². The Morgan fingerprint density at radius 1 is 0.918 bits per heavy atom. The standard InChI is InChI=1S/C52H58N6O14S/c1-31(72-47(61)18-13-23-70-25-22-57-45(59)19-20-46(57)60)32-26-41(69-8)42(29-40(32)58(64)65)71-24-21-53-50(63)37(30-73(66,67)68)54-48-33(27-43-51(2,3)35-14-9-11-16-38(35)55(43)6)49(62)34(48)28-44-52(4,5)36-15-10-12-17-39(36)56(44)7/h9-12,14-17,19-20,26-29,31,37H,13,18,21-25,30H2,1-8H3,(H2-,53,54,62,63,66,67,68). The zero-order chi connectivity index (χ0) is 53.2. The van der Waals surface area contributed by atoms with E-state index in [0.717, 1.165) is 44.9 Å². The second-order valence-electron chi connectivity index (χ2n) is 18.9. The molecule has 4 aliphatic rings. The number of ether oxygens (including phenoxy) is 4. The fraction of sp³-hybridized carbons (Fsp3) is 0.385. The number of nitrogens with one attached hydrogen (secondary N) is 2. The van der Waals surface area contributed by atoms with Crippen LogP contribution in [0.15, 0.2) is 108 Å². The first-order valence-electron chi connectivity index (χ1n) is 23.5. The Morgan fingerprint density at radius 2 is 1.59 bits per heavy atom. The van der Waals surface area contributed by atoms with Gasteiger partial charge in [0.1, 0.15) is 25.8 Å². The number of methoxy groups -OCH3 is 1. The summed E-state index contributed by atoms with van der Waals surface area (Å²) >= 11 is 0. The van der Waals surface area contributed by atoms with Crippen LogP contribution in [-0.2, 0) is 54.4 Å². The van der Waals surface area contributed by atoms with Crippen LogP contribution in [0.4, 0.5) is 17.1 Å². The predicted molar refractivity (Wildman–Crippen MR) is 266 cm³/mol. The maximum Gasteiger partial charge on any atom is 0.306 e. The molecule has 7 rings (SSSR count). The molecule has 3 amide bonds. The highest BCUT2D eigenvalue weighted by molar-refractivity contribution is 7.85. The van der Waals surface area contributed by atoms with Crippen molar-refractivity contribution in [2.45, 2.75) is 70.4 Å². The van der Waals surface area contributed by atoms with E-state index in [-0.39, 0.29) is 85.4 Å². The van der Waals surface area contributed by atoms with E-state index in [1.807, 2.05) is 99.8 Å². The van der Waals surface area contributed by atoms with E-state index in [1.165, 1.54) is 32.3 Å². The first-order valence-corrected chi connectivity index (χ1v) is 25.1. The molecular formula is C52H58N6O14S. The molecule has 0 bridgehead atoms. The third kappa shape index (κ3) is 11.1. The summed E-state index contributed by atoms with van der Waals surface area (Å²) in [7, 11) is 0.00677. The molecule has 3 aromatic rings. The fourth-order valence-electron chi connectivity index (χ4n) is 9.57. The highest BCUT2D eigenvalue weighted by atomic mass is 32.2. The number of amides is 3. The molecule has 3 heterocycles. The van der Waals surface area contributed by atoms with Crippen LogP contribution in [0.2, 0.25) is 0 Å². The lowest BCUT2D eigenvalue weighted by atomic mass is 9.77. The minimum absolute atomic E-state index is 0.000587. The van der Waals surface area contributed by atoms with Crippen LogP contribution in [0.1, 0.15) is 70.3 Å². The first kappa shape index (κ1) is 53.3. The minimum Gasteiger partial charge on any atom is -0.748 e. The second kappa shape index (κ2) is 21.3. The molecule has 73 heavy (non-hydrogen) atoms. The van der Waals surface area contributed by atoms with Crippen molar-refractivity contribution in [3.63, 3.8) is 0 Å². The molecule has 2 atom stereocenters. The third-order valence-corrected chi connectivity index (χ3v) is 14.2. The lowest BCUT2D eigenvalue weighted by Gasteiger charge is -2.32. The van der Waals surface area contributed by atoms with Crippen molar-refractivity contribution < 1.29 is 65.4 Å². The molecule has 3 aliphatic heterocycles. The smallest absolute Gasteiger partial charge is 0.306 e. The van der Waals surface area contributed by atoms with Crippen molar-refractivity contribution in [2.24, 2.45) is 0 Å². The van der Waals surface area contributed by atoms with E-state index in [2.05, 4.69) is 10.6 Å². The van der Waals surface area contributed by atoms with Gasteiger partial charge in [0.15, 0.2) is 23.0 Å². The number of fused-ring (bicyclic) bond motifs is 2. The van der Waals surface area contributed by atoms with Gasteiger partial charge in [0.05, 0.1) is 75.9 Å². The fourth-order valence-corrected chi connectivity index (χ4v) is 10.2. The highest BCUT2D eigenvalue weighted by Gasteiger charge is 2.47. The topological polar surface area (TPSA) is 256 Å². The average molecular weight is 1020 g/mol. The van der Waals surface area contributed by atoms with Crippen LogP contribution >= 0.6 is 0 Å². The summed E-state index contributed by atoms with van der Waals surface area (Å²) in [4.78, 5) is 79.0. The number of benzene rings is 3. The summed E-state index contributed by atoms with van der Waals surface area (Å²) < 4.78 is 61.4. The quantitative estimate of drug-likeness (QED) is 0.0202. The van der Waals surface area contributed by atoms with Gasteiger partial charge >= 0.3 is 5.97 Å². The number of carbonyl (C=O) groups excluding carboxylic acids is 5. The Kier molecular flexibility index (Phi) is 15.6. The molecule has 2 N–H and O–H groups in total. The summed E-state index contributed by atoms with van der Waals surface area (Å²) in [6.07, 6.45) is 4.83. The maximum absolute atomic E-state index is 14.4. The van der Waals surface area contributed by atoms with Gasteiger partial charge in [-0.05, 0) is 51.0 Å². The summed E-state index contributed by atoms with van der Waals surface area (Å²) in [5, 5.41) is 17.8. The molecule has 1 aliphatic carbocycles.